The van der Waals surface area contributed by atoms with Gasteiger partial charge in [0.25, 0.3) is 0 Å². The Morgan fingerprint density at radius 1 is 0.850 bits per heavy atom. The molecule has 0 aliphatic rings. The van der Waals surface area contributed by atoms with Crippen LogP contribution in [0.1, 0.15) is 84.0 Å². The van der Waals surface area contributed by atoms with Crippen LogP contribution in [-0.4, -0.2) is 5.91 Å². The van der Waals surface area contributed by atoms with E-state index in [9.17, 15) is 4.79 Å². The highest BCUT2D eigenvalue weighted by molar-refractivity contribution is 5.84. The van der Waals surface area contributed by atoms with Crippen molar-refractivity contribution in [3.63, 3.8) is 0 Å². The van der Waals surface area contributed by atoms with Crippen LogP contribution in [0.5, 0.6) is 0 Å². The summed E-state index contributed by atoms with van der Waals surface area (Å²) >= 11 is 0. The van der Waals surface area contributed by atoms with E-state index in [1.807, 2.05) is 6.08 Å². The highest BCUT2D eigenvalue weighted by Gasteiger charge is 1.91. The third kappa shape index (κ3) is 25.7. The summed E-state index contributed by atoms with van der Waals surface area (Å²) in [5.74, 6) is -0.481. The summed E-state index contributed by atoms with van der Waals surface area (Å²) in [4.78, 5) is 9.47. The maximum atomic E-state index is 9.47. The predicted molar refractivity (Wildman–Crippen MR) is 90.7 cm³/mol. The number of primary amides is 1. The topological polar surface area (TPSA) is 43.1 Å². The second-order valence-corrected chi connectivity index (χ2v) is 5.22. The summed E-state index contributed by atoms with van der Waals surface area (Å²) in [7, 11) is 0. The van der Waals surface area contributed by atoms with Crippen molar-refractivity contribution in [3.05, 3.63) is 25.3 Å². The van der Waals surface area contributed by atoms with E-state index >= 15 is 0 Å². The monoisotopic (exact) mass is 281 g/mol. The van der Waals surface area contributed by atoms with Crippen molar-refractivity contribution >= 4 is 5.91 Å². The number of carbonyl (C=O) groups is 1. The van der Waals surface area contributed by atoms with Crippen molar-refractivity contribution < 1.29 is 4.79 Å². The molecule has 2 nitrogen and oxygen atoms in total. The lowest BCUT2D eigenvalue weighted by molar-refractivity contribution is -0.113. The Bertz CT molecular complexity index is 223. The van der Waals surface area contributed by atoms with E-state index in [0.29, 0.717) is 0 Å². The largest absolute Gasteiger partial charge is 0.366 e. The van der Waals surface area contributed by atoms with Crippen LogP contribution < -0.4 is 5.73 Å². The third-order valence-corrected chi connectivity index (χ3v) is 3.21. The number of carbonyl (C=O) groups excluding carboxylic acids is 1. The zero-order valence-corrected chi connectivity index (χ0v) is 13.5. The van der Waals surface area contributed by atoms with E-state index in [2.05, 4.69) is 25.8 Å². The minimum absolute atomic E-state index is 0.481. The molecule has 0 aromatic rings. The van der Waals surface area contributed by atoms with Gasteiger partial charge in [0.05, 0.1) is 0 Å². The van der Waals surface area contributed by atoms with Crippen LogP contribution >= 0.6 is 0 Å². The molecule has 1 amide bonds. The molecule has 2 heteroatoms. The second kappa shape index (κ2) is 20.3. The highest BCUT2D eigenvalue weighted by Crippen LogP contribution is 2.11. The van der Waals surface area contributed by atoms with E-state index < -0.39 is 5.91 Å². The molecule has 2 N–H and O–H groups in total. The van der Waals surface area contributed by atoms with Crippen LogP contribution in [0.15, 0.2) is 25.3 Å². The fraction of sp³-hybridized carbons (Fsp3) is 0.722. The zero-order valence-electron chi connectivity index (χ0n) is 13.5. The molecule has 20 heavy (non-hydrogen) atoms. The lowest BCUT2D eigenvalue weighted by atomic mass is 10.1. The number of amides is 1. The van der Waals surface area contributed by atoms with Gasteiger partial charge in [-0.15, -0.1) is 6.58 Å². The van der Waals surface area contributed by atoms with Gasteiger partial charge in [0.1, 0.15) is 0 Å². The van der Waals surface area contributed by atoms with Crippen molar-refractivity contribution in [2.75, 3.05) is 0 Å². The molecule has 0 unspecified atom stereocenters. The summed E-state index contributed by atoms with van der Waals surface area (Å²) in [6.07, 6.45) is 20.0. The molecule has 0 aromatic heterocycles. The zero-order chi connectivity index (χ0) is 15.5. The van der Waals surface area contributed by atoms with Crippen molar-refractivity contribution in [1.82, 2.24) is 0 Å². The first kappa shape index (κ1) is 21.3. The van der Waals surface area contributed by atoms with E-state index in [4.69, 9.17) is 0 Å². The molecule has 0 bridgehead atoms. The average molecular weight is 281 g/mol. The van der Waals surface area contributed by atoms with Gasteiger partial charge in [-0.05, 0) is 18.9 Å². The molecular formula is C18H35NO. The number of hydrogen-bond acceptors (Lipinski definition) is 1. The normalized spacial score (nSPS) is 9.45. The predicted octanol–water partition coefficient (Wildman–Crippen LogP) is 5.53. The van der Waals surface area contributed by atoms with E-state index in [1.165, 1.54) is 77.0 Å². The minimum Gasteiger partial charge on any atom is -0.366 e. The fourth-order valence-electron chi connectivity index (χ4n) is 1.95. The standard InChI is InChI=1S/C15H30.C3H5NO/c1-3-5-7-9-11-13-15-14-12-10-8-6-4-2;1-2-3(4)5/h3H,1,4-15H2,2H3;2H,1H2,(H2,4,5). The van der Waals surface area contributed by atoms with Gasteiger partial charge in [-0.25, -0.2) is 0 Å². The Labute approximate surface area is 126 Å². The summed E-state index contributed by atoms with van der Waals surface area (Å²) in [5.41, 5.74) is 4.53. The van der Waals surface area contributed by atoms with Gasteiger partial charge in [0, 0.05) is 0 Å². The van der Waals surface area contributed by atoms with Crippen molar-refractivity contribution in [3.8, 4) is 0 Å². The Balaban J connectivity index is 0. The molecule has 0 atom stereocenters. The van der Waals surface area contributed by atoms with Crippen LogP contribution in [-0.2, 0) is 4.79 Å². The Morgan fingerprint density at radius 3 is 1.50 bits per heavy atom. The second-order valence-electron chi connectivity index (χ2n) is 5.22. The molecule has 0 saturated heterocycles. The van der Waals surface area contributed by atoms with Gasteiger partial charge < -0.3 is 5.73 Å². The summed E-state index contributed by atoms with van der Waals surface area (Å²) < 4.78 is 0. The van der Waals surface area contributed by atoms with Crippen molar-refractivity contribution in [2.45, 2.75) is 84.0 Å². The molecule has 0 aliphatic heterocycles. The first-order valence-electron chi connectivity index (χ1n) is 8.21. The minimum atomic E-state index is -0.481. The molecule has 0 rings (SSSR count). The third-order valence-electron chi connectivity index (χ3n) is 3.21. The first-order chi connectivity index (χ1) is 9.68. The quantitative estimate of drug-likeness (QED) is 0.269. The number of rotatable bonds is 13. The van der Waals surface area contributed by atoms with Crippen molar-refractivity contribution in [2.24, 2.45) is 5.73 Å². The van der Waals surface area contributed by atoms with Gasteiger partial charge in [-0.2, -0.15) is 0 Å². The van der Waals surface area contributed by atoms with Crippen LogP contribution in [0.4, 0.5) is 0 Å². The van der Waals surface area contributed by atoms with Crippen molar-refractivity contribution in [1.29, 1.82) is 0 Å². The molecule has 0 aliphatic carbocycles. The highest BCUT2D eigenvalue weighted by atomic mass is 16.1. The van der Waals surface area contributed by atoms with Crippen LogP contribution in [0, 0.1) is 0 Å². The van der Waals surface area contributed by atoms with Gasteiger partial charge in [0.2, 0.25) is 5.91 Å². The molecule has 118 valence electrons. The average Bonchev–Trinajstić information content (AvgIpc) is 2.45. The van der Waals surface area contributed by atoms with Gasteiger partial charge in [-0.1, -0.05) is 83.8 Å². The number of hydrogen-bond donors (Lipinski definition) is 1. The molecular weight excluding hydrogens is 246 g/mol. The molecule has 0 aromatic carbocycles. The van der Waals surface area contributed by atoms with E-state index in [1.54, 1.807) is 0 Å². The SMILES string of the molecule is C=CC(N)=O.C=CCCCCCCCCCCCCC. The Morgan fingerprint density at radius 2 is 1.20 bits per heavy atom. The lowest BCUT2D eigenvalue weighted by Gasteiger charge is -2.01. The lowest BCUT2D eigenvalue weighted by Crippen LogP contribution is -2.04. The molecule has 0 fully saturated rings. The van der Waals surface area contributed by atoms with Crippen LogP contribution in [0.25, 0.3) is 0 Å². The number of unbranched alkanes of at least 4 members (excludes halogenated alkanes) is 11. The van der Waals surface area contributed by atoms with Gasteiger partial charge in [-0.3, -0.25) is 4.79 Å². The van der Waals surface area contributed by atoms with E-state index in [-0.39, 0.29) is 0 Å². The van der Waals surface area contributed by atoms with Crippen LogP contribution in [0.3, 0.4) is 0 Å². The Kier molecular flexibility index (Phi) is 21.5. The maximum Gasteiger partial charge on any atom is 0.240 e. The number of nitrogens with two attached hydrogens (primary N) is 1. The molecule has 0 spiro atoms. The summed E-state index contributed by atoms with van der Waals surface area (Å²) in [5, 5.41) is 0. The Hall–Kier alpha value is -1.05. The number of allylic oxidation sites excluding steroid dienone is 1. The fourth-order valence-corrected chi connectivity index (χ4v) is 1.95. The molecule has 0 radical (unpaired) electrons. The molecule has 0 heterocycles. The summed E-state index contributed by atoms with van der Waals surface area (Å²) in [6.45, 7) is 9.11. The van der Waals surface area contributed by atoms with Gasteiger partial charge >= 0.3 is 0 Å². The summed E-state index contributed by atoms with van der Waals surface area (Å²) in [6, 6.07) is 0. The van der Waals surface area contributed by atoms with Crippen LogP contribution in [0.2, 0.25) is 0 Å². The smallest absolute Gasteiger partial charge is 0.240 e. The maximum absolute atomic E-state index is 9.47. The molecule has 0 saturated carbocycles. The van der Waals surface area contributed by atoms with Gasteiger partial charge in [0.15, 0.2) is 0 Å². The first-order valence-corrected chi connectivity index (χ1v) is 8.21. The van der Waals surface area contributed by atoms with E-state index in [0.717, 1.165) is 6.08 Å².